The number of hydrogen-bond acceptors (Lipinski definition) is 5. The summed E-state index contributed by atoms with van der Waals surface area (Å²) in [7, 11) is -2.10. The van der Waals surface area contributed by atoms with Gasteiger partial charge in [-0.2, -0.15) is 4.31 Å². The Morgan fingerprint density at radius 1 is 1.03 bits per heavy atom. The van der Waals surface area contributed by atoms with Gasteiger partial charge in [0.2, 0.25) is 15.9 Å². The molecule has 6 nitrogen and oxygen atoms in total. The predicted octanol–water partition coefficient (Wildman–Crippen LogP) is 3.85. The first-order chi connectivity index (χ1) is 15.4. The minimum atomic E-state index is -3.35. The normalized spacial score (nSPS) is 21.6. The number of piperazine rings is 1. The smallest absolute Gasteiger partial charge is 0.248 e. The van der Waals surface area contributed by atoms with Crippen LogP contribution in [0.3, 0.4) is 0 Å². The zero-order valence-corrected chi connectivity index (χ0v) is 19.7. The molecule has 1 aromatic carbocycles. The molecule has 0 amide bonds. The summed E-state index contributed by atoms with van der Waals surface area (Å²) in [6.45, 7) is 2.75. The highest BCUT2D eigenvalue weighted by atomic mass is 32.2. The van der Waals surface area contributed by atoms with E-state index in [0.29, 0.717) is 13.1 Å². The highest BCUT2D eigenvalue weighted by Crippen LogP contribution is 2.44. The number of Topliss-reactive ketones (excluding diaryl/α,β-unsaturated/α-hetero) is 1. The Kier molecular flexibility index (Phi) is 7.75. The third kappa shape index (κ3) is 5.68. The first kappa shape index (κ1) is 25.9. The first-order valence-electron chi connectivity index (χ1n) is 11.1. The van der Waals surface area contributed by atoms with E-state index in [-0.39, 0.29) is 63.1 Å². The van der Waals surface area contributed by atoms with E-state index in [0.717, 1.165) is 12.1 Å². The summed E-state index contributed by atoms with van der Waals surface area (Å²) in [4.78, 5) is 14.7. The summed E-state index contributed by atoms with van der Waals surface area (Å²) in [5.74, 6) is -5.66. The van der Waals surface area contributed by atoms with E-state index in [1.54, 1.807) is 6.92 Å². The van der Waals surface area contributed by atoms with Crippen molar-refractivity contribution < 1.29 is 35.5 Å². The van der Waals surface area contributed by atoms with Gasteiger partial charge in [-0.3, -0.25) is 9.69 Å². The van der Waals surface area contributed by atoms with Crippen LogP contribution in [0, 0.1) is 11.6 Å². The molecule has 33 heavy (non-hydrogen) atoms. The Bertz CT molecular complexity index is 946. The molecule has 0 spiro atoms. The van der Waals surface area contributed by atoms with Crippen LogP contribution >= 0.6 is 0 Å². The van der Waals surface area contributed by atoms with Crippen LogP contribution in [-0.4, -0.2) is 73.9 Å². The largest absolute Gasteiger partial charge is 0.497 e. The molecular weight excluding hydrogens is 464 g/mol. The second-order valence-corrected chi connectivity index (χ2v) is 11.0. The topological polar surface area (TPSA) is 66.9 Å². The number of methoxy groups -OCH3 is 1. The predicted molar refractivity (Wildman–Crippen MR) is 115 cm³/mol. The number of ether oxygens (including phenoxy) is 1. The minimum absolute atomic E-state index is 0.0160. The average molecular weight is 495 g/mol. The van der Waals surface area contributed by atoms with Gasteiger partial charge in [0.25, 0.3) is 0 Å². The number of sulfonamides is 1. The quantitative estimate of drug-likeness (QED) is 0.406. The third-order valence-electron chi connectivity index (χ3n) is 6.93. The van der Waals surface area contributed by atoms with E-state index in [2.05, 4.69) is 0 Å². The average Bonchev–Trinajstić information content (AvgIpc) is 2.78. The summed E-state index contributed by atoms with van der Waals surface area (Å²) < 4.78 is 87.1. The van der Waals surface area contributed by atoms with Crippen LogP contribution < -0.4 is 4.74 Å². The second kappa shape index (κ2) is 9.87. The number of nitrogens with zero attached hydrogens (tertiary/aromatic N) is 2. The van der Waals surface area contributed by atoms with E-state index >= 15 is 0 Å². The Morgan fingerprint density at radius 3 is 2.06 bits per heavy atom. The molecule has 1 aliphatic heterocycles. The summed E-state index contributed by atoms with van der Waals surface area (Å²) in [6.07, 6.45) is -0.491. The van der Waals surface area contributed by atoms with Gasteiger partial charge in [-0.25, -0.2) is 26.0 Å². The zero-order valence-electron chi connectivity index (χ0n) is 18.9. The van der Waals surface area contributed by atoms with Crippen LogP contribution in [-0.2, 0) is 10.0 Å². The van der Waals surface area contributed by atoms with Crippen molar-refractivity contribution in [2.45, 2.75) is 56.9 Å². The van der Waals surface area contributed by atoms with Crippen molar-refractivity contribution in [2.75, 3.05) is 39.0 Å². The van der Waals surface area contributed by atoms with Crippen LogP contribution in [0.15, 0.2) is 12.1 Å². The van der Waals surface area contributed by atoms with Gasteiger partial charge in [-0.05, 0) is 26.2 Å². The van der Waals surface area contributed by atoms with E-state index < -0.39 is 44.5 Å². The Labute approximate surface area is 191 Å². The summed E-state index contributed by atoms with van der Waals surface area (Å²) >= 11 is 0. The van der Waals surface area contributed by atoms with Gasteiger partial charge < -0.3 is 4.74 Å². The molecule has 0 radical (unpaired) electrons. The lowest BCUT2D eigenvalue weighted by atomic mass is 9.74. The molecule has 3 rings (SSSR count). The summed E-state index contributed by atoms with van der Waals surface area (Å²) in [6, 6.07) is 1.86. The summed E-state index contributed by atoms with van der Waals surface area (Å²) in [5.41, 5.74) is -1.41. The van der Waals surface area contributed by atoms with Gasteiger partial charge in [0.05, 0.1) is 18.4 Å². The molecule has 2 fully saturated rings. The lowest BCUT2D eigenvalue weighted by molar-refractivity contribution is -0.0891. The molecule has 2 aliphatic rings. The molecule has 1 saturated heterocycles. The molecule has 1 aromatic rings. The summed E-state index contributed by atoms with van der Waals surface area (Å²) in [5, 5.41) is 0. The van der Waals surface area contributed by atoms with E-state index in [1.165, 1.54) is 11.4 Å². The van der Waals surface area contributed by atoms with Gasteiger partial charge in [0.15, 0.2) is 5.78 Å². The number of hydrogen-bond donors (Lipinski definition) is 0. The van der Waals surface area contributed by atoms with E-state index in [1.807, 2.05) is 4.90 Å². The van der Waals surface area contributed by atoms with E-state index in [9.17, 15) is 30.8 Å². The standard InChI is InChI=1S/C22H30F4N2O4S/c1-3-33(30,31)28-12-10-27(11-13-28)21(6-8-22(25,26)9-7-21)5-4-19(29)20-17(23)14-16(32-2)15-18(20)24/h14-15H,3-13H2,1-2H3. The molecule has 186 valence electrons. The molecule has 0 aromatic heterocycles. The van der Waals surface area contributed by atoms with Gasteiger partial charge in [0.1, 0.15) is 17.4 Å². The van der Waals surface area contributed by atoms with Gasteiger partial charge in [-0.1, -0.05) is 0 Å². The second-order valence-electron chi connectivity index (χ2n) is 8.76. The maximum Gasteiger partial charge on any atom is 0.248 e. The van der Waals surface area contributed by atoms with Crippen molar-refractivity contribution in [1.29, 1.82) is 0 Å². The van der Waals surface area contributed by atoms with Crippen molar-refractivity contribution >= 4 is 15.8 Å². The number of benzene rings is 1. The molecule has 0 N–H and O–H groups in total. The highest BCUT2D eigenvalue weighted by molar-refractivity contribution is 7.89. The first-order valence-corrected chi connectivity index (χ1v) is 12.7. The van der Waals surface area contributed by atoms with Crippen LogP contribution in [0.1, 0.15) is 55.8 Å². The van der Waals surface area contributed by atoms with Gasteiger partial charge >= 0.3 is 0 Å². The molecule has 1 saturated carbocycles. The minimum Gasteiger partial charge on any atom is -0.497 e. The fraction of sp³-hybridized carbons (Fsp3) is 0.682. The lowest BCUT2D eigenvalue weighted by Crippen LogP contribution is -2.60. The Balaban J connectivity index is 1.76. The monoisotopic (exact) mass is 494 g/mol. The van der Waals surface area contributed by atoms with Gasteiger partial charge in [0, 0.05) is 63.1 Å². The molecular formula is C22H30F4N2O4S. The molecule has 0 atom stereocenters. The van der Waals surface area contributed by atoms with Crippen LogP contribution in [0.4, 0.5) is 17.6 Å². The molecule has 1 heterocycles. The maximum atomic E-state index is 14.3. The van der Waals surface area contributed by atoms with E-state index in [4.69, 9.17) is 4.74 Å². The van der Waals surface area contributed by atoms with Crippen molar-refractivity contribution in [2.24, 2.45) is 0 Å². The van der Waals surface area contributed by atoms with Crippen molar-refractivity contribution in [1.82, 2.24) is 9.21 Å². The fourth-order valence-electron chi connectivity index (χ4n) is 4.83. The van der Waals surface area contributed by atoms with Crippen LogP contribution in [0.25, 0.3) is 0 Å². The van der Waals surface area contributed by atoms with Crippen LogP contribution in [0.5, 0.6) is 5.75 Å². The number of ketones is 1. The van der Waals surface area contributed by atoms with Gasteiger partial charge in [-0.15, -0.1) is 0 Å². The highest BCUT2D eigenvalue weighted by Gasteiger charge is 2.47. The van der Waals surface area contributed by atoms with Crippen LogP contribution in [0.2, 0.25) is 0 Å². The lowest BCUT2D eigenvalue weighted by Gasteiger charge is -2.51. The number of alkyl halides is 2. The Morgan fingerprint density at radius 2 is 1.58 bits per heavy atom. The van der Waals surface area contributed by atoms with Crippen molar-refractivity contribution in [3.8, 4) is 5.75 Å². The number of carbonyl (C=O) groups excluding carboxylic acids is 1. The van der Waals surface area contributed by atoms with Crippen molar-refractivity contribution in [3.63, 3.8) is 0 Å². The Hall–Kier alpha value is -1.72. The molecule has 0 bridgehead atoms. The SMILES string of the molecule is CCS(=O)(=O)N1CCN(C2(CCC(=O)c3c(F)cc(OC)cc3F)CCC(F)(F)CC2)CC1. The number of rotatable bonds is 8. The maximum absolute atomic E-state index is 14.3. The third-order valence-corrected chi connectivity index (χ3v) is 8.81. The zero-order chi connectivity index (χ0) is 24.4. The number of carbonyl (C=O) groups is 1. The fourth-order valence-corrected chi connectivity index (χ4v) is 5.92. The molecule has 11 heteroatoms. The van der Waals surface area contributed by atoms with Crippen molar-refractivity contribution in [3.05, 3.63) is 29.3 Å². The molecule has 0 unspecified atom stereocenters. The molecule has 1 aliphatic carbocycles. The number of halogens is 4.